The molecule has 1 fully saturated rings. The van der Waals surface area contributed by atoms with Crippen LogP contribution in [0.1, 0.15) is 25.7 Å². The van der Waals surface area contributed by atoms with Gasteiger partial charge < -0.3 is 0 Å². The molecule has 0 spiro atoms. The molecule has 0 aromatic heterocycles. The lowest BCUT2D eigenvalue weighted by atomic mass is 10.1. The van der Waals surface area contributed by atoms with Crippen LogP contribution in [0.15, 0.2) is 0 Å². The Labute approximate surface area is 45.9 Å². The fraction of sp³-hybridized carbons (Fsp3) is 0.714. The highest BCUT2D eigenvalue weighted by Gasteiger charge is 2.11. The molecule has 0 aromatic rings. The van der Waals surface area contributed by atoms with Crippen molar-refractivity contribution in [2.75, 3.05) is 0 Å². The molecule has 2 radical (unpaired) electrons. The van der Waals surface area contributed by atoms with Crippen LogP contribution < -0.4 is 0 Å². The van der Waals surface area contributed by atoms with Gasteiger partial charge >= 0.3 is 0 Å². The van der Waals surface area contributed by atoms with Crippen molar-refractivity contribution in [3.8, 4) is 0 Å². The minimum atomic E-state index is 0.931. The lowest BCUT2D eigenvalue weighted by molar-refractivity contribution is 0.563. The maximum Gasteiger partial charge on any atom is -0.0383 e. The average Bonchev–Trinajstić information content (AvgIpc) is 2.14. The normalized spacial score (nSPS) is 23.6. The first-order valence-electron chi connectivity index (χ1n) is 3.04. The standard InChI is InChI=1S/C7H12/c1-2-7-5-3-4-6-7/h3,7H,1-2,4-6H2. The summed E-state index contributed by atoms with van der Waals surface area (Å²) in [6.45, 7) is 3.85. The molecule has 0 heteroatoms. The Balaban J connectivity index is 2.14. The van der Waals surface area contributed by atoms with Crippen molar-refractivity contribution in [3.63, 3.8) is 0 Å². The summed E-state index contributed by atoms with van der Waals surface area (Å²) in [5.74, 6) is 0.931. The SMILES string of the molecule is [CH2]CC1C[CH]CC1. The van der Waals surface area contributed by atoms with Gasteiger partial charge in [0.15, 0.2) is 0 Å². The molecule has 40 valence electrons. The zero-order valence-electron chi connectivity index (χ0n) is 4.69. The van der Waals surface area contributed by atoms with E-state index in [1.54, 1.807) is 0 Å². The van der Waals surface area contributed by atoms with E-state index in [0.717, 1.165) is 12.3 Å². The Morgan fingerprint density at radius 3 is 2.86 bits per heavy atom. The minimum Gasteiger partial charge on any atom is -0.0530 e. The average molecular weight is 96.2 g/mol. The molecular formula is C7H12. The smallest absolute Gasteiger partial charge is 0.0383 e. The zero-order chi connectivity index (χ0) is 5.11. The van der Waals surface area contributed by atoms with Crippen LogP contribution in [0, 0.1) is 19.3 Å². The first kappa shape index (κ1) is 5.14. The summed E-state index contributed by atoms with van der Waals surface area (Å²) in [6, 6.07) is 0. The highest BCUT2D eigenvalue weighted by molar-refractivity contribution is 4.80. The van der Waals surface area contributed by atoms with Crippen LogP contribution in [0.5, 0.6) is 0 Å². The molecule has 0 N–H and O–H groups in total. The van der Waals surface area contributed by atoms with Gasteiger partial charge in [-0.15, -0.1) is 0 Å². The molecule has 0 saturated heterocycles. The lowest BCUT2D eigenvalue weighted by Crippen LogP contribution is -1.86. The van der Waals surface area contributed by atoms with E-state index < -0.39 is 0 Å². The molecule has 0 bridgehead atoms. The molecule has 7 heavy (non-hydrogen) atoms. The molecule has 0 amide bonds. The molecule has 1 saturated carbocycles. The number of rotatable bonds is 1. The minimum absolute atomic E-state index is 0.931. The monoisotopic (exact) mass is 96.1 g/mol. The lowest BCUT2D eigenvalue weighted by Gasteiger charge is -1.99. The van der Waals surface area contributed by atoms with Gasteiger partial charge in [-0.2, -0.15) is 0 Å². The van der Waals surface area contributed by atoms with Crippen molar-refractivity contribution in [1.82, 2.24) is 0 Å². The fourth-order valence-electron chi connectivity index (χ4n) is 1.09. The second-order valence-electron chi connectivity index (χ2n) is 2.26. The Kier molecular flexibility index (Phi) is 1.72. The van der Waals surface area contributed by atoms with E-state index in [4.69, 9.17) is 0 Å². The predicted molar refractivity (Wildman–Crippen MR) is 31.6 cm³/mol. The first-order valence-corrected chi connectivity index (χ1v) is 3.04. The van der Waals surface area contributed by atoms with E-state index in [1.807, 2.05) is 0 Å². The van der Waals surface area contributed by atoms with Crippen molar-refractivity contribution in [1.29, 1.82) is 0 Å². The largest absolute Gasteiger partial charge is 0.0530 e. The van der Waals surface area contributed by atoms with Crippen LogP contribution in [0.3, 0.4) is 0 Å². The van der Waals surface area contributed by atoms with Crippen LogP contribution in [0.4, 0.5) is 0 Å². The van der Waals surface area contributed by atoms with E-state index in [-0.39, 0.29) is 0 Å². The Morgan fingerprint density at radius 1 is 1.71 bits per heavy atom. The van der Waals surface area contributed by atoms with Gasteiger partial charge in [0.2, 0.25) is 0 Å². The van der Waals surface area contributed by atoms with Gasteiger partial charge in [-0.3, -0.25) is 0 Å². The third kappa shape index (κ3) is 1.19. The molecule has 1 atom stereocenters. The van der Waals surface area contributed by atoms with Gasteiger partial charge in [0, 0.05) is 0 Å². The van der Waals surface area contributed by atoms with Crippen molar-refractivity contribution >= 4 is 0 Å². The van der Waals surface area contributed by atoms with Crippen LogP contribution >= 0.6 is 0 Å². The fourth-order valence-corrected chi connectivity index (χ4v) is 1.09. The van der Waals surface area contributed by atoms with Gasteiger partial charge in [-0.05, 0) is 25.2 Å². The highest BCUT2D eigenvalue weighted by Crippen LogP contribution is 2.25. The summed E-state index contributed by atoms with van der Waals surface area (Å²) < 4.78 is 0. The van der Waals surface area contributed by atoms with E-state index in [9.17, 15) is 0 Å². The van der Waals surface area contributed by atoms with Gasteiger partial charge in [-0.25, -0.2) is 0 Å². The molecule has 0 heterocycles. The van der Waals surface area contributed by atoms with Crippen molar-refractivity contribution < 1.29 is 0 Å². The summed E-state index contributed by atoms with van der Waals surface area (Å²) >= 11 is 0. The molecule has 0 aliphatic heterocycles. The van der Waals surface area contributed by atoms with Gasteiger partial charge in [0.05, 0.1) is 0 Å². The van der Waals surface area contributed by atoms with Crippen LogP contribution in [-0.2, 0) is 0 Å². The quantitative estimate of drug-likeness (QED) is 0.469. The molecule has 1 aliphatic rings. The zero-order valence-corrected chi connectivity index (χ0v) is 4.69. The van der Waals surface area contributed by atoms with E-state index in [0.29, 0.717) is 0 Å². The summed E-state index contributed by atoms with van der Waals surface area (Å²) in [4.78, 5) is 0. The van der Waals surface area contributed by atoms with Crippen molar-refractivity contribution in [2.45, 2.75) is 25.7 Å². The van der Waals surface area contributed by atoms with E-state index >= 15 is 0 Å². The molecule has 1 aliphatic carbocycles. The second kappa shape index (κ2) is 2.34. The summed E-state index contributed by atoms with van der Waals surface area (Å²) in [7, 11) is 0. The first-order chi connectivity index (χ1) is 3.43. The molecule has 1 rings (SSSR count). The Hall–Kier alpha value is 0. The molecule has 0 aromatic carbocycles. The highest BCUT2D eigenvalue weighted by atomic mass is 14.2. The maximum atomic E-state index is 3.85. The second-order valence-corrected chi connectivity index (χ2v) is 2.26. The molecular weight excluding hydrogens is 84.1 g/mol. The van der Waals surface area contributed by atoms with E-state index in [1.165, 1.54) is 19.3 Å². The van der Waals surface area contributed by atoms with Crippen molar-refractivity contribution in [2.24, 2.45) is 5.92 Å². The van der Waals surface area contributed by atoms with Crippen LogP contribution in [-0.4, -0.2) is 0 Å². The maximum absolute atomic E-state index is 3.85. The van der Waals surface area contributed by atoms with Crippen LogP contribution in [0.25, 0.3) is 0 Å². The predicted octanol–water partition coefficient (Wildman–Crippen LogP) is 2.21. The number of hydrogen-bond donors (Lipinski definition) is 0. The van der Waals surface area contributed by atoms with Gasteiger partial charge in [0.1, 0.15) is 0 Å². The third-order valence-corrected chi connectivity index (χ3v) is 1.69. The summed E-state index contributed by atoms with van der Waals surface area (Å²) in [6.07, 6.45) is 7.56. The topological polar surface area (TPSA) is 0 Å². The van der Waals surface area contributed by atoms with Crippen LogP contribution in [0.2, 0.25) is 0 Å². The number of hydrogen-bond acceptors (Lipinski definition) is 0. The van der Waals surface area contributed by atoms with E-state index in [2.05, 4.69) is 13.3 Å². The summed E-state index contributed by atoms with van der Waals surface area (Å²) in [5.41, 5.74) is 0. The van der Waals surface area contributed by atoms with Gasteiger partial charge in [0.25, 0.3) is 0 Å². The summed E-state index contributed by atoms with van der Waals surface area (Å²) in [5, 5.41) is 0. The molecule has 0 nitrogen and oxygen atoms in total. The third-order valence-electron chi connectivity index (χ3n) is 1.69. The Morgan fingerprint density at radius 2 is 2.57 bits per heavy atom. The van der Waals surface area contributed by atoms with Gasteiger partial charge in [-0.1, -0.05) is 19.8 Å². The Bertz CT molecular complexity index is 42.0. The van der Waals surface area contributed by atoms with Crippen molar-refractivity contribution in [3.05, 3.63) is 13.3 Å². The molecule has 1 unspecified atom stereocenters.